The molecule has 0 saturated carbocycles. The number of aromatic hydroxyl groups is 2. The second-order valence-electron chi connectivity index (χ2n) is 8.26. The minimum Gasteiger partial charge on any atom is -0.507 e. The summed E-state index contributed by atoms with van der Waals surface area (Å²) < 4.78 is 21.9. The van der Waals surface area contributed by atoms with E-state index in [4.69, 9.17) is 30.5 Å². The Morgan fingerprint density at radius 2 is 1.08 bits per heavy atom. The summed E-state index contributed by atoms with van der Waals surface area (Å²) in [6, 6.07) is 16.8. The number of hydrogen-bond donors (Lipinski definition) is 2. The summed E-state index contributed by atoms with van der Waals surface area (Å²) in [4.78, 5) is 13.8. The van der Waals surface area contributed by atoms with Crippen LogP contribution in [-0.4, -0.2) is 64.8 Å². The van der Waals surface area contributed by atoms with Gasteiger partial charge in [0.1, 0.15) is 36.2 Å². The van der Waals surface area contributed by atoms with Crippen molar-refractivity contribution in [2.24, 2.45) is 0 Å². The van der Waals surface area contributed by atoms with Gasteiger partial charge in [-0.05, 0) is 62.4 Å². The third kappa shape index (κ3) is 7.57. The Labute approximate surface area is 232 Å². The Hall–Kier alpha value is -3.92. The van der Waals surface area contributed by atoms with Crippen LogP contribution in [0, 0.1) is 0 Å². The molecule has 39 heavy (non-hydrogen) atoms. The molecule has 1 aromatic heterocycles. The summed E-state index contributed by atoms with van der Waals surface area (Å²) in [5.74, 6) is 1.64. The van der Waals surface area contributed by atoms with E-state index in [1.807, 2.05) is 13.8 Å². The molecule has 0 aliphatic heterocycles. The largest absolute Gasteiger partial charge is 0.507 e. The van der Waals surface area contributed by atoms with Crippen LogP contribution >= 0.6 is 11.6 Å². The summed E-state index contributed by atoms with van der Waals surface area (Å²) in [6.07, 6.45) is 0. The zero-order chi connectivity index (χ0) is 27.6. The Morgan fingerprint density at radius 1 is 0.615 bits per heavy atom. The van der Waals surface area contributed by atoms with Crippen molar-refractivity contribution in [1.29, 1.82) is 0 Å². The smallest absolute Gasteiger partial charge is 0.167 e. The Kier molecular flexibility index (Phi) is 9.91. The Bertz CT molecular complexity index is 1300. The van der Waals surface area contributed by atoms with Gasteiger partial charge in [-0.1, -0.05) is 11.6 Å². The van der Waals surface area contributed by atoms with Gasteiger partial charge in [0, 0.05) is 35.9 Å². The summed E-state index contributed by atoms with van der Waals surface area (Å²) in [7, 11) is 0. The van der Waals surface area contributed by atoms with Gasteiger partial charge >= 0.3 is 0 Å². The minimum atomic E-state index is -0.0645. The highest BCUT2D eigenvalue weighted by atomic mass is 35.5. The zero-order valence-electron chi connectivity index (χ0n) is 21.8. The van der Waals surface area contributed by atoms with E-state index in [-0.39, 0.29) is 23.1 Å². The highest BCUT2D eigenvalue weighted by Crippen LogP contribution is 2.35. The second-order valence-corrected chi connectivity index (χ2v) is 8.70. The Balaban J connectivity index is 1.69. The van der Waals surface area contributed by atoms with Crippen molar-refractivity contribution in [3.8, 4) is 57.2 Å². The van der Waals surface area contributed by atoms with Crippen molar-refractivity contribution in [2.45, 2.75) is 13.8 Å². The van der Waals surface area contributed by atoms with Crippen molar-refractivity contribution in [3.63, 3.8) is 0 Å². The molecule has 9 nitrogen and oxygen atoms in total. The van der Waals surface area contributed by atoms with E-state index in [0.29, 0.717) is 78.7 Å². The van der Waals surface area contributed by atoms with Crippen molar-refractivity contribution < 1.29 is 29.2 Å². The molecule has 0 aliphatic rings. The van der Waals surface area contributed by atoms with Crippen molar-refractivity contribution in [2.75, 3.05) is 39.6 Å². The lowest BCUT2D eigenvalue weighted by molar-refractivity contribution is 0.110. The molecule has 4 aromatic rings. The van der Waals surface area contributed by atoms with Gasteiger partial charge < -0.3 is 29.2 Å². The highest BCUT2D eigenvalue weighted by Gasteiger charge is 2.17. The molecule has 0 spiro atoms. The van der Waals surface area contributed by atoms with Crippen LogP contribution in [0.2, 0.25) is 5.02 Å². The highest BCUT2D eigenvalue weighted by molar-refractivity contribution is 6.30. The number of aromatic nitrogens is 3. The SMILES string of the molecule is CCOCCOc1ccc(-c2nc(-c3ccc(Cl)cc3)nc(-c3ccc(OCCOCC)cc3O)n2)c(O)c1. The summed E-state index contributed by atoms with van der Waals surface area (Å²) in [5.41, 5.74) is 1.44. The first-order valence-corrected chi connectivity index (χ1v) is 13.0. The third-order valence-electron chi connectivity index (χ3n) is 5.56. The third-order valence-corrected chi connectivity index (χ3v) is 5.81. The van der Waals surface area contributed by atoms with Crippen LogP contribution in [-0.2, 0) is 9.47 Å². The molecule has 4 rings (SSSR count). The van der Waals surface area contributed by atoms with Gasteiger partial charge in [0.15, 0.2) is 17.5 Å². The molecular weight excluding hydrogens is 522 g/mol. The average Bonchev–Trinajstić information content (AvgIpc) is 2.94. The van der Waals surface area contributed by atoms with E-state index >= 15 is 0 Å². The van der Waals surface area contributed by atoms with E-state index in [9.17, 15) is 10.2 Å². The maximum Gasteiger partial charge on any atom is 0.167 e. The molecule has 0 amide bonds. The first-order valence-electron chi connectivity index (χ1n) is 12.6. The maximum atomic E-state index is 10.8. The lowest BCUT2D eigenvalue weighted by Crippen LogP contribution is -2.06. The molecule has 0 radical (unpaired) electrons. The fraction of sp³-hybridized carbons (Fsp3) is 0.276. The first-order chi connectivity index (χ1) is 19.0. The summed E-state index contributed by atoms with van der Waals surface area (Å²) in [6.45, 7) is 6.62. The molecule has 204 valence electrons. The molecule has 0 atom stereocenters. The molecule has 3 aromatic carbocycles. The molecule has 0 unspecified atom stereocenters. The Morgan fingerprint density at radius 3 is 1.51 bits per heavy atom. The van der Waals surface area contributed by atoms with Crippen LogP contribution in [0.25, 0.3) is 34.2 Å². The van der Waals surface area contributed by atoms with E-state index in [1.165, 1.54) is 12.1 Å². The fourth-order valence-electron chi connectivity index (χ4n) is 3.65. The van der Waals surface area contributed by atoms with Crippen molar-refractivity contribution in [3.05, 3.63) is 65.7 Å². The van der Waals surface area contributed by atoms with E-state index in [2.05, 4.69) is 15.0 Å². The molecule has 2 N–H and O–H groups in total. The number of phenols is 2. The fourth-order valence-corrected chi connectivity index (χ4v) is 3.78. The molecule has 0 aliphatic carbocycles. The molecule has 0 saturated heterocycles. The predicted molar refractivity (Wildman–Crippen MR) is 148 cm³/mol. The first kappa shape index (κ1) is 28.1. The van der Waals surface area contributed by atoms with Gasteiger partial charge in [-0.2, -0.15) is 0 Å². The van der Waals surface area contributed by atoms with E-state index in [0.717, 1.165) is 0 Å². The number of phenolic OH excluding ortho intramolecular Hbond substituents is 2. The van der Waals surface area contributed by atoms with Crippen LogP contribution in [0.4, 0.5) is 0 Å². The van der Waals surface area contributed by atoms with Gasteiger partial charge in [-0.25, -0.2) is 15.0 Å². The number of nitrogens with zero attached hydrogens (tertiary/aromatic N) is 3. The number of rotatable bonds is 13. The van der Waals surface area contributed by atoms with Crippen LogP contribution in [0.1, 0.15) is 13.8 Å². The maximum absolute atomic E-state index is 10.8. The molecule has 10 heteroatoms. The van der Waals surface area contributed by atoms with Crippen LogP contribution in [0.15, 0.2) is 60.7 Å². The summed E-state index contributed by atoms with van der Waals surface area (Å²) in [5, 5.41) is 22.2. The number of ether oxygens (including phenoxy) is 4. The normalized spacial score (nSPS) is 10.9. The second kappa shape index (κ2) is 13.7. The zero-order valence-corrected chi connectivity index (χ0v) is 22.5. The van der Waals surface area contributed by atoms with E-state index < -0.39 is 0 Å². The molecule has 0 bridgehead atoms. The molecule has 0 fully saturated rings. The van der Waals surface area contributed by atoms with Crippen LogP contribution in [0.5, 0.6) is 23.0 Å². The van der Waals surface area contributed by atoms with Gasteiger partial charge in [0.2, 0.25) is 0 Å². The standard InChI is InChI=1S/C29H30ClN3O6/c1-3-36-13-15-38-21-9-11-23(25(34)17-21)28-31-27(19-5-7-20(30)8-6-19)32-29(33-28)24-12-10-22(18-26(24)35)39-16-14-37-4-2/h5-12,17-18,34-35H,3-4,13-16H2,1-2H3. The van der Waals surface area contributed by atoms with Crippen molar-refractivity contribution >= 4 is 11.6 Å². The summed E-state index contributed by atoms with van der Waals surface area (Å²) >= 11 is 6.07. The number of halogens is 1. The monoisotopic (exact) mass is 551 g/mol. The van der Waals surface area contributed by atoms with Crippen molar-refractivity contribution in [1.82, 2.24) is 15.0 Å². The van der Waals surface area contributed by atoms with Gasteiger partial charge in [0.25, 0.3) is 0 Å². The number of hydrogen-bond acceptors (Lipinski definition) is 9. The average molecular weight is 552 g/mol. The lowest BCUT2D eigenvalue weighted by Gasteiger charge is -2.12. The van der Waals surface area contributed by atoms with Gasteiger partial charge in [0.05, 0.1) is 24.3 Å². The molecular formula is C29H30ClN3O6. The number of benzene rings is 3. The van der Waals surface area contributed by atoms with Crippen LogP contribution < -0.4 is 9.47 Å². The molecule has 1 heterocycles. The topological polar surface area (TPSA) is 116 Å². The minimum absolute atomic E-state index is 0.0645. The van der Waals surface area contributed by atoms with Gasteiger partial charge in [-0.3, -0.25) is 0 Å². The van der Waals surface area contributed by atoms with Crippen LogP contribution in [0.3, 0.4) is 0 Å². The predicted octanol–water partition coefficient (Wildman–Crippen LogP) is 5.77. The quantitative estimate of drug-likeness (QED) is 0.200. The van der Waals surface area contributed by atoms with E-state index in [1.54, 1.807) is 48.5 Å². The lowest BCUT2D eigenvalue weighted by atomic mass is 10.1. The van der Waals surface area contributed by atoms with Gasteiger partial charge in [-0.15, -0.1) is 0 Å².